The molecule has 0 heterocycles. The smallest absolute Gasteiger partial charge is 0.504 e. The van der Waals surface area contributed by atoms with Crippen molar-refractivity contribution in [2.75, 3.05) is 0 Å². The minimum atomic E-state index is -1.41. The number of carboxylic acid groups (broad SMARTS) is 1. The molecule has 0 radical (unpaired) electrons. The maximum absolute atomic E-state index is 10.5. The molecule has 0 bridgehead atoms. The van der Waals surface area contributed by atoms with E-state index in [2.05, 4.69) is 18.6 Å². The first-order valence-electron chi connectivity index (χ1n) is 6.34. The van der Waals surface area contributed by atoms with Gasteiger partial charge in [-0.2, -0.15) is 0 Å². The molecule has 0 amide bonds. The van der Waals surface area contributed by atoms with E-state index in [0.29, 0.717) is 0 Å². The number of ether oxygens (including phenoxy) is 1. The summed E-state index contributed by atoms with van der Waals surface area (Å²) in [7, 11) is 0. The molecule has 1 rings (SSSR count). The monoisotopic (exact) mass is 252 g/mol. The first-order valence-corrected chi connectivity index (χ1v) is 6.34. The average molecular weight is 252 g/mol. The van der Waals surface area contributed by atoms with Crippen molar-refractivity contribution in [3.8, 4) is 11.5 Å². The van der Waals surface area contributed by atoms with E-state index in [4.69, 9.17) is 5.11 Å². The van der Waals surface area contributed by atoms with Gasteiger partial charge in [0, 0.05) is 5.56 Å². The molecule has 1 aromatic rings. The predicted molar refractivity (Wildman–Crippen MR) is 69.4 cm³/mol. The van der Waals surface area contributed by atoms with Crippen molar-refractivity contribution in [3.05, 3.63) is 23.3 Å². The number of benzene rings is 1. The van der Waals surface area contributed by atoms with Crippen molar-refractivity contribution in [3.63, 3.8) is 0 Å². The fraction of sp³-hybridized carbons (Fsp3) is 0.500. The summed E-state index contributed by atoms with van der Waals surface area (Å²) in [6, 6.07) is 3.36. The molecule has 4 heteroatoms. The van der Waals surface area contributed by atoms with Crippen LogP contribution in [-0.2, 0) is 12.8 Å². The Morgan fingerprint density at radius 1 is 1.22 bits per heavy atom. The molecule has 0 spiro atoms. The van der Waals surface area contributed by atoms with Crippen LogP contribution in [0, 0.1) is 0 Å². The van der Waals surface area contributed by atoms with Gasteiger partial charge in [0.2, 0.25) is 0 Å². The van der Waals surface area contributed by atoms with E-state index in [9.17, 15) is 9.90 Å². The standard InChI is InChI=1S/C14H20O4/c1-3-5-7-11-10(6-4-2)8-9-12(13(11)15)18-14(16)17/h8-9,15H,3-7H2,1-2H3,(H,16,17). The van der Waals surface area contributed by atoms with E-state index in [-0.39, 0.29) is 11.5 Å². The van der Waals surface area contributed by atoms with Crippen LogP contribution in [0.5, 0.6) is 11.5 Å². The van der Waals surface area contributed by atoms with Crippen molar-refractivity contribution in [2.45, 2.75) is 46.0 Å². The Bertz CT molecular complexity index is 413. The molecule has 0 aliphatic rings. The van der Waals surface area contributed by atoms with Crippen molar-refractivity contribution < 1.29 is 19.7 Å². The number of rotatable bonds is 6. The van der Waals surface area contributed by atoms with Crippen molar-refractivity contribution in [2.24, 2.45) is 0 Å². The molecule has 0 fully saturated rings. The molecule has 0 aromatic heterocycles. The predicted octanol–water partition coefficient (Wildman–Crippen LogP) is 3.74. The lowest BCUT2D eigenvalue weighted by Crippen LogP contribution is -2.05. The third kappa shape index (κ3) is 3.65. The topological polar surface area (TPSA) is 66.8 Å². The number of phenolic OH excluding ortho intramolecular Hbond substituents is 1. The van der Waals surface area contributed by atoms with Gasteiger partial charge in [0.25, 0.3) is 0 Å². The first-order chi connectivity index (χ1) is 8.60. The highest BCUT2D eigenvalue weighted by atomic mass is 16.7. The number of phenols is 1. The second-order valence-corrected chi connectivity index (χ2v) is 4.27. The fourth-order valence-corrected chi connectivity index (χ4v) is 1.97. The fourth-order valence-electron chi connectivity index (χ4n) is 1.97. The summed E-state index contributed by atoms with van der Waals surface area (Å²) >= 11 is 0. The van der Waals surface area contributed by atoms with E-state index in [0.717, 1.165) is 43.2 Å². The molecule has 0 saturated heterocycles. The van der Waals surface area contributed by atoms with Gasteiger partial charge in [-0.05, 0) is 30.9 Å². The van der Waals surface area contributed by atoms with Crippen LogP contribution in [0.3, 0.4) is 0 Å². The number of hydrogen-bond donors (Lipinski definition) is 2. The maximum Gasteiger partial charge on any atom is 0.511 e. The molecule has 1 aromatic carbocycles. The Balaban J connectivity index is 3.08. The Hall–Kier alpha value is -1.71. The van der Waals surface area contributed by atoms with Crippen LogP contribution in [0.2, 0.25) is 0 Å². The van der Waals surface area contributed by atoms with Crippen molar-refractivity contribution >= 4 is 6.16 Å². The molecule has 2 N–H and O–H groups in total. The van der Waals surface area contributed by atoms with Crippen LogP contribution in [0.4, 0.5) is 4.79 Å². The summed E-state index contributed by atoms with van der Waals surface area (Å²) in [5, 5.41) is 18.7. The lowest BCUT2D eigenvalue weighted by atomic mass is 9.97. The Morgan fingerprint density at radius 3 is 2.50 bits per heavy atom. The van der Waals surface area contributed by atoms with E-state index < -0.39 is 6.16 Å². The molecule has 0 aliphatic carbocycles. The Labute approximate surface area is 107 Å². The van der Waals surface area contributed by atoms with Gasteiger partial charge in [-0.25, -0.2) is 4.79 Å². The maximum atomic E-state index is 10.5. The quantitative estimate of drug-likeness (QED) is 0.597. The molecule has 0 atom stereocenters. The van der Waals surface area contributed by atoms with Crippen LogP contribution < -0.4 is 4.74 Å². The summed E-state index contributed by atoms with van der Waals surface area (Å²) in [4.78, 5) is 10.5. The normalized spacial score (nSPS) is 10.3. The molecule has 18 heavy (non-hydrogen) atoms. The summed E-state index contributed by atoms with van der Waals surface area (Å²) < 4.78 is 4.57. The number of aryl methyl sites for hydroxylation is 1. The summed E-state index contributed by atoms with van der Waals surface area (Å²) in [6.45, 7) is 4.15. The summed E-state index contributed by atoms with van der Waals surface area (Å²) in [5.41, 5.74) is 1.89. The summed E-state index contributed by atoms with van der Waals surface area (Å²) in [5.74, 6) is -0.00902. The average Bonchev–Trinajstić information content (AvgIpc) is 2.32. The van der Waals surface area contributed by atoms with E-state index in [1.807, 2.05) is 6.07 Å². The molecule has 4 nitrogen and oxygen atoms in total. The van der Waals surface area contributed by atoms with Gasteiger partial charge in [-0.3, -0.25) is 0 Å². The van der Waals surface area contributed by atoms with Gasteiger partial charge in [-0.1, -0.05) is 32.8 Å². The second-order valence-electron chi connectivity index (χ2n) is 4.27. The van der Waals surface area contributed by atoms with Crippen LogP contribution >= 0.6 is 0 Å². The Kier molecular flexibility index (Phi) is 5.49. The van der Waals surface area contributed by atoms with E-state index in [1.54, 1.807) is 0 Å². The molecular formula is C14H20O4. The van der Waals surface area contributed by atoms with Crippen molar-refractivity contribution in [1.82, 2.24) is 0 Å². The van der Waals surface area contributed by atoms with Crippen molar-refractivity contribution in [1.29, 1.82) is 0 Å². The lowest BCUT2D eigenvalue weighted by Gasteiger charge is -2.13. The van der Waals surface area contributed by atoms with Gasteiger partial charge in [0.05, 0.1) is 0 Å². The number of carbonyl (C=O) groups is 1. The zero-order valence-electron chi connectivity index (χ0n) is 10.9. The largest absolute Gasteiger partial charge is 0.511 e. The van der Waals surface area contributed by atoms with E-state index in [1.165, 1.54) is 6.07 Å². The van der Waals surface area contributed by atoms with Crippen LogP contribution in [0.1, 0.15) is 44.2 Å². The van der Waals surface area contributed by atoms with Crippen LogP contribution in [0.25, 0.3) is 0 Å². The lowest BCUT2D eigenvalue weighted by molar-refractivity contribution is 0.142. The highest BCUT2D eigenvalue weighted by Gasteiger charge is 2.14. The highest BCUT2D eigenvalue weighted by molar-refractivity contribution is 5.64. The zero-order valence-corrected chi connectivity index (χ0v) is 10.9. The highest BCUT2D eigenvalue weighted by Crippen LogP contribution is 2.34. The molecular weight excluding hydrogens is 232 g/mol. The number of unbranched alkanes of at least 4 members (excludes halogenated alkanes) is 1. The van der Waals surface area contributed by atoms with Gasteiger partial charge >= 0.3 is 6.16 Å². The second kappa shape index (κ2) is 6.89. The molecule has 0 unspecified atom stereocenters. The third-order valence-electron chi connectivity index (χ3n) is 2.84. The van der Waals surface area contributed by atoms with Crippen LogP contribution in [-0.4, -0.2) is 16.4 Å². The first kappa shape index (κ1) is 14.4. The molecule has 100 valence electrons. The minimum absolute atomic E-state index is 0.0217. The Morgan fingerprint density at radius 2 is 1.94 bits per heavy atom. The van der Waals surface area contributed by atoms with Gasteiger partial charge in [-0.15, -0.1) is 0 Å². The zero-order chi connectivity index (χ0) is 13.5. The number of aromatic hydroxyl groups is 1. The van der Waals surface area contributed by atoms with Crippen LogP contribution in [0.15, 0.2) is 12.1 Å². The molecule has 0 aliphatic heterocycles. The van der Waals surface area contributed by atoms with Gasteiger partial charge < -0.3 is 14.9 Å². The van der Waals surface area contributed by atoms with E-state index >= 15 is 0 Å². The van der Waals surface area contributed by atoms with Gasteiger partial charge in [0.15, 0.2) is 11.5 Å². The van der Waals surface area contributed by atoms with Gasteiger partial charge in [0.1, 0.15) is 0 Å². The summed E-state index contributed by atoms with van der Waals surface area (Å²) in [6.07, 6.45) is 3.18. The molecule has 0 saturated carbocycles. The third-order valence-corrected chi connectivity index (χ3v) is 2.84. The minimum Gasteiger partial charge on any atom is -0.504 e. The number of hydrogen-bond acceptors (Lipinski definition) is 3. The SMILES string of the molecule is CCCCc1c(CCC)ccc(OC(=O)O)c1O.